The van der Waals surface area contributed by atoms with Gasteiger partial charge in [0.1, 0.15) is 0 Å². The highest BCUT2D eigenvalue weighted by Crippen LogP contribution is 2.10. The molecular formula is C17H16ClNO3. The van der Waals surface area contributed by atoms with Crippen LogP contribution in [0.5, 0.6) is 0 Å². The number of amides is 1. The summed E-state index contributed by atoms with van der Waals surface area (Å²) in [5.41, 5.74) is 2.36. The lowest BCUT2D eigenvalue weighted by atomic mass is 10.1. The molecule has 0 saturated heterocycles. The van der Waals surface area contributed by atoms with Gasteiger partial charge in [-0.3, -0.25) is 4.79 Å². The van der Waals surface area contributed by atoms with Gasteiger partial charge in [0.15, 0.2) is 6.61 Å². The molecule has 0 spiro atoms. The molecule has 2 aromatic carbocycles. The van der Waals surface area contributed by atoms with Gasteiger partial charge < -0.3 is 10.1 Å². The fourth-order valence-electron chi connectivity index (χ4n) is 1.80. The average molecular weight is 318 g/mol. The van der Waals surface area contributed by atoms with Gasteiger partial charge in [0.05, 0.1) is 5.56 Å². The molecule has 0 aliphatic carbocycles. The highest BCUT2D eigenvalue weighted by Gasteiger charge is 2.09. The first-order chi connectivity index (χ1) is 10.5. The summed E-state index contributed by atoms with van der Waals surface area (Å²) in [5.74, 6) is -0.877. The molecule has 0 aliphatic rings. The third-order valence-electron chi connectivity index (χ3n) is 3.00. The number of hydrogen-bond donors (Lipinski definition) is 1. The molecule has 114 valence electrons. The van der Waals surface area contributed by atoms with E-state index >= 15 is 0 Å². The minimum absolute atomic E-state index is 0.312. The van der Waals surface area contributed by atoms with Crippen molar-refractivity contribution in [2.24, 2.45) is 0 Å². The molecule has 4 nitrogen and oxygen atoms in total. The summed E-state index contributed by atoms with van der Waals surface area (Å²) in [7, 11) is 0. The number of rotatable bonds is 5. The van der Waals surface area contributed by atoms with Crippen molar-refractivity contribution in [3.63, 3.8) is 0 Å². The first-order valence-electron chi connectivity index (χ1n) is 6.79. The van der Waals surface area contributed by atoms with E-state index in [1.165, 1.54) is 0 Å². The van der Waals surface area contributed by atoms with Crippen LogP contribution in [0.1, 0.15) is 21.5 Å². The molecular weight excluding hydrogens is 302 g/mol. The zero-order chi connectivity index (χ0) is 15.9. The Morgan fingerprint density at radius 2 is 1.86 bits per heavy atom. The second-order valence-electron chi connectivity index (χ2n) is 4.85. The molecule has 2 aromatic rings. The number of ether oxygens (including phenoxy) is 1. The van der Waals surface area contributed by atoms with Crippen LogP contribution in [0, 0.1) is 6.92 Å². The maximum atomic E-state index is 11.8. The second kappa shape index (κ2) is 7.61. The van der Waals surface area contributed by atoms with Gasteiger partial charge in [-0.25, -0.2) is 4.79 Å². The molecule has 22 heavy (non-hydrogen) atoms. The fourth-order valence-corrected chi connectivity index (χ4v) is 2.02. The minimum Gasteiger partial charge on any atom is -0.452 e. The standard InChI is InChI=1S/C17H16ClNO3/c1-12-5-7-14(8-6-12)17(21)22-11-16(20)19-10-13-3-2-4-15(18)9-13/h2-9H,10-11H2,1H3,(H,19,20). The summed E-state index contributed by atoms with van der Waals surface area (Å²) >= 11 is 5.86. The predicted octanol–water partition coefficient (Wildman–Crippen LogP) is 3.12. The zero-order valence-corrected chi connectivity index (χ0v) is 12.9. The van der Waals surface area contributed by atoms with Crippen molar-refractivity contribution in [2.75, 3.05) is 6.61 Å². The van der Waals surface area contributed by atoms with Crippen LogP contribution in [-0.4, -0.2) is 18.5 Å². The molecule has 2 rings (SSSR count). The highest BCUT2D eigenvalue weighted by molar-refractivity contribution is 6.30. The Bertz CT molecular complexity index is 668. The Hall–Kier alpha value is -2.33. The normalized spacial score (nSPS) is 10.1. The second-order valence-corrected chi connectivity index (χ2v) is 5.29. The average Bonchev–Trinajstić information content (AvgIpc) is 2.51. The largest absolute Gasteiger partial charge is 0.452 e. The van der Waals surface area contributed by atoms with Crippen LogP contribution in [0.15, 0.2) is 48.5 Å². The van der Waals surface area contributed by atoms with E-state index in [-0.39, 0.29) is 12.5 Å². The van der Waals surface area contributed by atoms with Crippen molar-refractivity contribution in [1.29, 1.82) is 0 Å². The Balaban J connectivity index is 1.78. The molecule has 0 aromatic heterocycles. The van der Waals surface area contributed by atoms with Crippen LogP contribution in [0.4, 0.5) is 0 Å². The zero-order valence-electron chi connectivity index (χ0n) is 12.1. The molecule has 0 heterocycles. The molecule has 5 heteroatoms. The predicted molar refractivity (Wildman–Crippen MR) is 84.8 cm³/mol. The Morgan fingerprint density at radius 3 is 2.55 bits per heavy atom. The van der Waals surface area contributed by atoms with Gasteiger partial charge in [-0.05, 0) is 36.8 Å². The van der Waals surface area contributed by atoms with Crippen molar-refractivity contribution in [3.05, 3.63) is 70.2 Å². The smallest absolute Gasteiger partial charge is 0.338 e. The van der Waals surface area contributed by atoms with Crippen LogP contribution in [0.25, 0.3) is 0 Å². The van der Waals surface area contributed by atoms with Crippen molar-refractivity contribution < 1.29 is 14.3 Å². The van der Waals surface area contributed by atoms with Gasteiger partial charge in [0, 0.05) is 11.6 Å². The van der Waals surface area contributed by atoms with Crippen LogP contribution < -0.4 is 5.32 Å². The van der Waals surface area contributed by atoms with E-state index in [4.69, 9.17) is 16.3 Å². The number of carbonyl (C=O) groups excluding carboxylic acids is 2. The van der Waals surface area contributed by atoms with Crippen molar-refractivity contribution >= 4 is 23.5 Å². The maximum Gasteiger partial charge on any atom is 0.338 e. The molecule has 0 unspecified atom stereocenters. The lowest BCUT2D eigenvalue weighted by molar-refractivity contribution is -0.124. The van der Waals surface area contributed by atoms with Crippen LogP contribution in [-0.2, 0) is 16.1 Å². The Morgan fingerprint density at radius 1 is 1.14 bits per heavy atom. The van der Waals surface area contributed by atoms with Crippen LogP contribution >= 0.6 is 11.6 Å². The van der Waals surface area contributed by atoms with E-state index in [9.17, 15) is 9.59 Å². The lowest BCUT2D eigenvalue weighted by Gasteiger charge is -2.07. The number of carbonyl (C=O) groups is 2. The van der Waals surface area contributed by atoms with Gasteiger partial charge in [0.25, 0.3) is 5.91 Å². The molecule has 0 fully saturated rings. The van der Waals surface area contributed by atoms with Gasteiger partial charge in [-0.1, -0.05) is 41.4 Å². The molecule has 0 bridgehead atoms. The number of esters is 1. The summed E-state index contributed by atoms with van der Waals surface area (Å²) < 4.78 is 4.96. The van der Waals surface area contributed by atoms with E-state index in [0.29, 0.717) is 17.1 Å². The highest BCUT2D eigenvalue weighted by atomic mass is 35.5. The summed E-state index contributed by atoms with van der Waals surface area (Å²) in [6.45, 7) is 1.95. The van der Waals surface area contributed by atoms with Crippen molar-refractivity contribution in [3.8, 4) is 0 Å². The van der Waals surface area contributed by atoms with Gasteiger partial charge in [-0.2, -0.15) is 0 Å². The molecule has 0 atom stereocenters. The molecule has 0 radical (unpaired) electrons. The maximum absolute atomic E-state index is 11.8. The van der Waals surface area contributed by atoms with E-state index in [2.05, 4.69) is 5.32 Å². The van der Waals surface area contributed by atoms with Gasteiger partial charge in [-0.15, -0.1) is 0 Å². The van der Waals surface area contributed by atoms with Gasteiger partial charge >= 0.3 is 5.97 Å². The van der Waals surface area contributed by atoms with Crippen LogP contribution in [0.2, 0.25) is 5.02 Å². The van der Waals surface area contributed by atoms with Crippen molar-refractivity contribution in [1.82, 2.24) is 5.32 Å². The van der Waals surface area contributed by atoms with Crippen molar-refractivity contribution in [2.45, 2.75) is 13.5 Å². The number of aryl methyl sites for hydroxylation is 1. The summed E-state index contributed by atoms with van der Waals surface area (Å²) in [5, 5.41) is 3.28. The quantitative estimate of drug-likeness (QED) is 0.862. The first kappa shape index (κ1) is 16.0. The van der Waals surface area contributed by atoms with E-state index < -0.39 is 5.97 Å². The topological polar surface area (TPSA) is 55.4 Å². The fraction of sp³-hybridized carbons (Fsp3) is 0.176. The summed E-state index contributed by atoms with van der Waals surface area (Å²) in [4.78, 5) is 23.4. The van der Waals surface area contributed by atoms with E-state index in [0.717, 1.165) is 11.1 Å². The Labute approximate surface area is 134 Å². The van der Waals surface area contributed by atoms with E-state index in [1.807, 2.05) is 25.1 Å². The number of halogens is 1. The first-order valence-corrected chi connectivity index (χ1v) is 7.17. The summed E-state index contributed by atoms with van der Waals surface area (Å²) in [6.07, 6.45) is 0. The lowest BCUT2D eigenvalue weighted by Crippen LogP contribution is -2.28. The SMILES string of the molecule is Cc1ccc(C(=O)OCC(=O)NCc2cccc(Cl)c2)cc1. The Kier molecular flexibility index (Phi) is 5.55. The third kappa shape index (κ3) is 4.90. The molecule has 1 amide bonds. The minimum atomic E-state index is -0.516. The van der Waals surface area contributed by atoms with Gasteiger partial charge in [0.2, 0.25) is 0 Å². The molecule has 0 aliphatic heterocycles. The van der Waals surface area contributed by atoms with E-state index in [1.54, 1.807) is 30.3 Å². The number of benzene rings is 2. The molecule has 0 saturated carbocycles. The monoisotopic (exact) mass is 317 g/mol. The number of nitrogens with one attached hydrogen (secondary N) is 1. The third-order valence-corrected chi connectivity index (χ3v) is 3.24. The summed E-state index contributed by atoms with van der Waals surface area (Å²) in [6, 6.07) is 14.1. The number of hydrogen-bond acceptors (Lipinski definition) is 3. The van der Waals surface area contributed by atoms with Crippen LogP contribution in [0.3, 0.4) is 0 Å². The molecule has 1 N–H and O–H groups in total.